The molecule has 0 atom stereocenters. The van der Waals surface area contributed by atoms with Gasteiger partial charge in [-0.3, -0.25) is 0 Å². The molecule has 0 bridgehead atoms. The van der Waals surface area contributed by atoms with Gasteiger partial charge >= 0.3 is 0 Å². The Hall–Kier alpha value is -2.68. The van der Waals surface area contributed by atoms with Crippen LogP contribution in [-0.2, 0) is 0 Å². The minimum Gasteiger partial charge on any atom is -0.435 e. The van der Waals surface area contributed by atoms with Crippen LogP contribution in [0.1, 0.15) is 0 Å². The second-order valence-electron chi connectivity index (χ2n) is 4.25. The van der Waals surface area contributed by atoms with Crippen molar-refractivity contribution in [3.63, 3.8) is 0 Å². The number of nitrogens with zero attached hydrogens (tertiary/aromatic N) is 1. The predicted octanol–water partition coefficient (Wildman–Crippen LogP) is 4.68. The highest BCUT2D eigenvalue weighted by atomic mass is 19.1. The number of halogens is 1. The molecule has 0 saturated heterocycles. The van der Waals surface area contributed by atoms with Gasteiger partial charge in [-0.25, -0.2) is 9.37 Å². The zero-order valence-corrected chi connectivity index (χ0v) is 10.7. The molecular formula is C17H12FNO. The maximum absolute atomic E-state index is 13.7. The van der Waals surface area contributed by atoms with Crippen LogP contribution in [-0.4, -0.2) is 4.98 Å². The van der Waals surface area contributed by atoms with Gasteiger partial charge in [0.05, 0.1) is 0 Å². The van der Waals surface area contributed by atoms with Crippen LogP contribution in [0.4, 0.5) is 4.39 Å². The van der Waals surface area contributed by atoms with E-state index in [1.807, 2.05) is 42.5 Å². The summed E-state index contributed by atoms with van der Waals surface area (Å²) in [4.78, 5) is 4.20. The lowest BCUT2D eigenvalue weighted by Gasteiger charge is -2.10. The topological polar surface area (TPSA) is 22.1 Å². The third kappa shape index (κ3) is 2.52. The van der Waals surface area contributed by atoms with E-state index in [2.05, 4.69) is 4.98 Å². The van der Waals surface area contributed by atoms with Gasteiger partial charge < -0.3 is 4.74 Å². The van der Waals surface area contributed by atoms with Crippen molar-refractivity contribution in [2.24, 2.45) is 0 Å². The van der Waals surface area contributed by atoms with Gasteiger partial charge in [0, 0.05) is 11.8 Å². The van der Waals surface area contributed by atoms with E-state index in [4.69, 9.17) is 4.74 Å². The Morgan fingerprint density at radius 1 is 0.800 bits per heavy atom. The van der Waals surface area contributed by atoms with Crippen LogP contribution < -0.4 is 4.74 Å². The average molecular weight is 265 g/mol. The summed E-state index contributed by atoms with van der Waals surface area (Å²) in [5.41, 5.74) is 1.81. The summed E-state index contributed by atoms with van der Waals surface area (Å²) in [7, 11) is 0. The molecule has 2 nitrogen and oxygen atoms in total. The summed E-state index contributed by atoms with van der Waals surface area (Å²) in [5, 5.41) is 0. The van der Waals surface area contributed by atoms with Gasteiger partial charge in [0.15, 0.2) is 11.6 Å². The molecule has 0 radical (unpaired) electrons. The standard InChI is InChI=1S/C17H12FNO/c18-15-10-4-5-11-16(15)20-17-14(9-6-12-19-17)13-7-2-1-3-8-13/h1-12H. The van der Waals surface area contributed by atoms with Gasteiger partial charge in [0.25, 0.3) is 0 Å². The van der Waals surface area contributed by atoms with E-state index in [-0.39, 0.29) is 5.75 Å². The SMILES string of the molecule is Fc1ccccc1Oc1ncccc1-c1ccccc1. The smallest absolute Gasteiger partial charge is 0.227 e. The number of ether oxygens (including phenoxy) is 1. The highest BCUT2D eigenvalue weighted by Crippen LogP contribution is 2.31. The summed E-state index contributed by atoms with van der Waals surface area (Å²) in [6, 6.07) is 19.8. The summed E-state index contributed by atoms with van der Waals surface area (Å²) < 4.78 is 19.3. The molecule has 0 fully saturated rings. The molecule has 3 heteroatoms. The largest absolute Gasteiger partial charge is 0.435 e. The van der Waals surface area contributed by atoms with Gasteiger partial charge in [0.2, 0.25) is 5.88 Å². The zero-order valence-electron chi connectivity index (χ0n) is 10.7. The molecule has 0 saturated carbocycles. The molecule has 0 unspecified atom stereocenters. The quantitative estimate of drug-likeness (QED) is 0.686. The lowest BCUT2D eigenvalue weighted by Crippen LogP contribution is -1.93. The number of rotatable bonds is 3. The minimum atomic E-state index is -0.405. The molecule has 20 heavy (non-hydrogen) atoms. The number of hydrogen-bond acceptors (Lipinski definition) is 2. The Balaban J connectivity index is 2.01. The molecule has 0 aliphatic carbocycles. The van der Waals surface area contributed by atoms with Gasteiger partial charge in [-0.15, -0.1) is 0 Å². The average Bonchev–Trinajstić information content (AvgIpc) is 2.51. The van der Waals surface area contributed by atoms with E-state index in [1.165, 1.54) is 6.07 Å². The maximum Gasteiger partial charge on any atom is 0.227 e. The van der Waals surface area contributed by atoms with Crippen molar-refractivity contribution in [2.45, 2.75) is 0 Å². The highest BCUT2D eigenvalue weighted by Gasteiger charge is 2.10. The molecule has 2 aromatic carbocycles. The van der Waals surface area contributed by atoms with Crippen molar-refractivity contribution in [3.05, 3.63) is 78.7 Å². The van der Waals surface area contributed by atoms with Gasteiger partial charge in [-0.1, -0.05) is 42.5 Å². The first-order valence-electron chi connectivity index (χ1n) is 6.27. The fourth-order valence-corrected chi connectivity index (χ4v) is 1.94. The van der Waals surface area contributed by atoms with E-state index in [0.29, 0.717) is 5.88 Å². The molecule has 0 N–H and O–H groups in total. The van der Waals surface area contributed by atoms with Crippen LogP contribution in [0, 0.1) is 5.82 Å². The molecule has 1 aromatic heterocycles. The fourth-order valence-electron chi connectivity index (χ4n) is 1.94. The monoisotopic (exact) mass is 265 g/mol. The number of pyridine rings is 1. The third-order valence-electron chi connectivity index (χ3n) is 2.90. The van der Waals surface area contributed by atoms with Crippen molar-refractivity contribution >= 4 is 0 Å². The fraction of sp³-hybridized carbons (Fsp3) is 0. The van der Waals surface area contributed by atoms with E-state index < -0.39 is 5.82 Å². The second-order valence-corrected chi connectivity index (χ2v) is 4.25. The molecule has 0 amide bonds. The van der Waals surface area contributed by atoms with Crippen LogP contribution >= 0.6 is 0 Å². The zero-order chi connectivity index (χ0) is 13.8. The number of para-hydroxylation sites is 1. The summed E-state index contributed by atoms with van der Waals surface area (Å²) in [5.74, 6) is 0.157. The Kier molecular flexibility index (Phi) is 3.42. The van der Waals surface area contributed by atoms with Crippen LogP contribution in [0.15, 0.2) is 72.9 Å². The van der Waals surface area contributed by atoms with Crippen LogP contribution in [0.3, 0.4) is 0 Å². The molecular weight excluding hydrogens is 253 g/mol. The van der Waals surface area contributed by atoms with Crippen molar-refractivity contribution in [1.29, 1.82) is 0 Å². The van der Waals surface area contributed by atoms with Crippen LogP contribution in [0.25, 0.3) is 11.1 Å². The van der Waals surface area contributed by atoms with Crippen molar-refractivity contribution < 1.29 is 9.13 Å². The molecule has 0 spiro atoms. The van der Waals surface area contributed by atoms with E-state index in [1.54, 1.807) is 24.4 Å². The second kappa shape index (κ2) is 5.53. The Morgan fingerprint density at radius 2 is 1.55 bits per heavy atom. The Labute approximate surface area is 116 Å². The summed E-state index contributed by atoms with van der Waals surface area (Å²) >= 11 is 0. The van der Waals surface area contributed by atoms with E-state index in [0.717, 1.165) is 11.1 Å². The summed E-state index contributed by atoms with van der Waals surface area (Å²) in [6.45, 7) is 0. The first-order chi connectivity index (χ1) is 9.84. The Morgan fingerprint density at radius 3 is 2.35 bits per heavy atom. The van der Waals surface area contributed by atoms with Crippen molar-refractivity contribution in [3.8, 4) is 22.8 Å². The van der Waals surface area contributed by atoms with Crippen molar-refractivity contribution in [1.82, 2.24) is 4.98 Å². The molecule has 0 aliphatic heterocycles. The highest BCUT2D eigenvalue weighted by molar-refractivity contribution is 5.68. The molecule has 0 aliphatic rings. The first-order valence-corrected chi connectivity index (χ1v) is 6.27. The van der Waals surface area contributed by atoms with Crippen LogP contribution in [0.5, 0.6) is 11.6 Å². The minimum absolute atomic E-state index is 0.170. The maximum atomic E-state index is 13.7. The first kappa shape index (κ1) is 12.4. The van der Waals surface area contributed by atoms with Gasteiger partial charge in [0.1, 0.15) is 0 Å². The number of benzene rings is 2. The molecule has 98 valence electrons. The van der Waals surface area contributed by atoms with Crippen LogP contribution in [0.2, 0.25) is 0 Å². The lowest BCUT2D eigenvalue weighted by atomic mass is 10.1. The predicted molar refractivity (Wildman–Crippen MR) is 76.1 cm³/mol. The van der Waals surface area contributed by atoms with E-state index in [9.17, 15) is 4.39 Å². The number of hydrogen-bond donors (Lipinski definition) is 0. The normalized spacial score (nSPS) is 10.2. The summed E-state index contributed by atoms with van der Waals surface area (Å²) in [6.07, 6.45) is 1.63. The number of aromatic nitrogens is 1. The molecule has 3 rings (SSSR count). The van der Waals surface area contributed by atoms with Gasteiger partial charge in [-0.2, -0.15) is 0 Å². The van der Waals surface area contributed by atoms with Gasteiger partial charge in [-0.05, 0) is 29.8 Å². The molecule has 1 heterocycles. The Bertz CT molecular complexity index is 713. The lowest BCUT2D eigenvalue weighted by molar-refractivity contribution is 0.429. The molecule has 3 aromatic rings. The third-order valence-corrected chi connectivity index (χ3v) is 2.90. The van der Waals surface area contributed by atoms with Crippen molar-refractivity contribution in [2.75, 3.05) is 0 Å². The van der Waals surface area contributed by atoms with E-state index >= 15 is 0 Å².